The molecule has 1 saturated heterocycles. The molecule has 9 rings (SSSR count). The predicted octanol–water partition coefficient (Wildman–Crippen LogP) is 4.98. The third-order valence-electron chi connectivity index (χ3n) is 11.7. The lowest BCUT2D eigenvalue weighted by atomic mass is 10.0. The second kappa shape index (κ2) is 20.2. The number of nitrogens with one attached hydrogen (secondary N) is 3. The highest BCUT2D eigenvalue weighted by Crippen LogP contribution is 2.27. The molecule has 0 spiro atoms. The molecule has 0 bridgehead atoms. The number of imidazole rings is 1. The maximum atomic E-state index is 13.4. The first-order chi connectivity index (χ1) is 31.5. The van der Waals surface area contributed by atoms with E-state index in [0.29, 0.717) is 40.2 Å². The van der Waals surface area contributed by atoms with Crippen molar-refractivity contribution < 1.29 is 23.9 Å². The van der Waals surface area contributed by atoms with Crippen molar-refractivity contribution in [1.29, 1.82) is 0 Å². The largest absolute Gasteiger partial charge is 0.383 e. The van der Waals surface area contributed by atoms with Gasteiger partial charge in [0, 0.05) is 54.6 Å². The van der Waals surface area contributed by atoms with Crippen LogP contribution in [0.2, 0.25) is 0 Å². The van der Waals surface area contributed by atoms with Crippen molar-refractivity contribution in [3.05, 3.63) is 148 Å². The Morgan fingerprint density at radius 3 is 2.08 bits per heavy atom. The van der Waals surface area contributed by atoms with E-state index < -0.39 is 0 Å². The summed E-state index contributed by atoms with van der Waals surface area (Å²) in [5, 5.41) is 13.9. The van der Waals surface area contributed by atoms with Crippen molar-refractivity contribution in [3.8, 4) is 11.4 Å². The van der Waals surface area contributed by atoms with E-state index in [2.05, 4.69) is 35.9 Å². The van der Waals surface area contributed by atoms with Gasteiger partial charge in [0.1, 0.15) is 23.7 Å². The van der Waals surface area contributed by atoms with Crippen LogP contribution in [0.3, 0.4) is 0 Å². The van der Waals surface area contributed by atoms with E-state index in [0.717, 1.165) is 88.2 Å². The van der Waals surface area contributed by atoms with Crippen molar-refractivity contribution in [3.63, 3.8) is 0 Å². The van der Waals surface area contributed by atoms with Gasteiger partial charge in [-0.25, -0.2) is 9.67 Å². The molecular formula is C49H55N11O5. The van der Waals surface area contributed by atoms with E-state index in [9.17, 15) is 19.2 Å². The number of rotatable bonds is 16. The Hall–Kier alpha value is -7.01. The minimum atomic E-state index is -0.341. The Morgan fingerprint density at radius 1 is 0.738 bits per heavy atom. The van der Waals surface area contributed by atoms with Gasteiger partial charge in [0.25, 0.3) is 11.8 Å². The summed E-state index contributed by atoms with van der Waals surface area (Å²) in [6, 6.07) is 24.1. The molecule has 16 heteroatoms. The molecule has 2 aliphatic carbocycles. The highest BCUT2D eigenvalue weighted by molar-refractivity contribution is 6.12. The van der Waals surface area contributed by atoms with E-state index >= 15 is 0 Å². The SMILES string of the molecule is Cc1ccc(C(=O)NC2CC2)cc1-n1cnc(C(=O)c2ccccn2)c1N.Cc1ccc(C(=O)NC2CC2)cc1-n1ncc(C(=O)c2cccc(CNCCCN3CCOCC3)c2)c1N. The monoisotopic (exact) mass is 877 g/mol. The van der Waals surface area contributed by atoms with Crippen LogP contribution in [0.4, 0.5) is 11.6 Å². The van der Waals surface area contributed by atoms with E-state index in [4.69, 9.17) is 16.2 Å². The Kier molecular flexibility index (Phi) is 13.9. The number of hydrogen-bond donors (Lipinski definition) is 5. The highest BCUT2D eigenvalue weighted by Gasteiger charge is 2.26. The molecule has 2 saturated carbocycles. The van der Waals surface area contributed by atoms with E-state index in [1.807, 2.05) is 44.2 Å². The number of carbonyl (C=O) groups excluding carboxylic acids is 4. The Morgan fingerprint density at radius 2 is 1.42 bits per heavy atom. The molecule has 3 aromatic heterocycles. The summed E-state index contributed by atoms with van der Waals surface area (Å²) >= 11 is 0. The predicted molar refractivity (Wildman–Crippen MR) is 248 cm³/mol. The zero-order chi connectivity index (χ0) is 45.5. The number of ether oxygens (including phenoxy) is 1. The summed E-state index contributed by atoms with van der Waals surface area (Å²) in [7, 11) is 0. The number of pyridine rings is 1. The fourth-order valence-electron chi connectivity index (χ4n) is 7.51. The number of carbonyl (C=O) groups is 4. The van der Waals surface area contributed by atoms with Gasteiger partial charge in [0.05, 0.1) is 36.3 Å². The lowest BCUT2D eigenvalue weighted by Crippen LogP contribution is -2.37. The van der Waals surface area contributed by atoms with Crippen LogP contribution in [0.15, 0.2) is 97.6 Å². The number of nitrogens with zero attached hydrogens (tertiary/aromatic N) is 6. The molecule has 6 aromatic rings. The number of aromatic nitrogens is 5. The standard InChI is InChI=1S/C29H36N6O3.C20H19N5O2/c1-20-6-7-23(29(37)33-24-8-9-24)17-26(20)35-28(30)25(19-32-35)27(36)22-5-2-4-21(16-22)18-31-10-3-11-34-12-14-38-15-13-34;1-12-5-6-13(20(27)24-14-7-8-14)10-16(12)25-11-23-17(19(25)21)18(26)15-4-2-3-9-22-15/h2,4-7,16-17,19,24,31H,3,8-15,18,30H2,1H3,(H,33,37);2-6,9-11,14H,7-8,21H2,1H3,(H,24,27). The minimum Gasteiger partial charge on any atom is -0.383 e. The van der Waals surface area contributed by atoms with Gasteiger partial charge >= 0.3 is 0 Å². The Bertz CT molecular complexity index is 2680. The van der Waals surface area contributed by atoms with Gasteiger partial charge in [0.2, 0.25) is 5.78 Å². The van der Waals surface area contributed by atoms with Gasteiger partial charge in [-0.15, -0.1) is 0 Å². The van der Waals surface area contributed by atoms with Crippen LogP contribution in [-0.2, 0) is 11.3 Å². The van der Waals surface area contributed by atoms with Crippen LogP contribution in [0.1, 0.15) is 102 Å². The topological polar surface area (TPSA) is 217 Å². The second-order valence-corrected chi connectivity index (χ2v) is 16.8. The maximum absolute atomic E-state index is 13.4. The number of nitrogens with two attached hydrogens (primary N) is 2. The van der Waals surface area contributed by atoms with Crippen LogP contribution >= 0.6 is 0 Å². The third kappa shape index (κ3) is 11.0. The van der Waals surface area contributed by atoms with Crippen molar-refractivity contribution in [2.75, 3.05) is 50.9 Å². The first kappa shape index (κ1) is 44.6. The van der Waals surface area contributed by atoms with E-state index in [1.165, 1.54) is 17.2 Å². The Labute approximate surface area is 377 Å². The number of hydrogen-bond acceptors (Lipinski definition) is 12. The fraction of sp³-hybridized carbons (Fsp3) is 0.327. The number of morpholine rings is 1. The van der Waals surface area contributed by atoms with Gasteiger partial charge in [-0.3, -0.25) is 33.6 Å². The number of nitrogen functional groups attached to an aromatic ring is 2. The lowest BCUT2D eigenvalue weighted by Gasteiger charge is -2.26. The van der Waals surface area contributed by atoms with Gasteiger partial charge < -0.3 is 32.2 Å². The van der Waals surface area contributed by atoms with Crippen molar-refractivity contribution in [2.45, 2.75) is 64.6 Å². The molecule has 3 aromatic carbocycles. The third-order valence-corrected chi connectivity index (χ3v) is 11.7. The molecule has 65 heavy (non-hydrogen) atoms. The molecule has 1 aliphatic heterocycles. The molecule has 0 radical (unpaired) electrons. The molecule has 3 fully saturated rings. The number of ketones is 2. The Balaban J connectivity index is 0.000000188. The molecule has 0 atom stereocenters. The van der Waals surface area contributed by atoms with Crippen molar-refractivity contribution in [1.82, 2.24) is 45.2 Å². The zero-order valence-corrected chi connectivity index (χ0v) is 36.8. The van der Waals surface area contributed by atoms with Crippen LogP contribution in [0.5, 0.6) is 0 Å². The maximum Gasteiger partial charge on any atom is 0.251 e. The molecule has 2 amide bonds. The summed E-state index contributed by atoms with van der Waals surface area (Å²) in [6.45, 7) is 10.2. The van der Waals surface area contributed by atoms with Crippen LogP contribution in [0.25, 0.3) is 11.4 Å². The molecule has 16 nitrogen and oxygen atoms in total. The minimum absolute atomic E-state index is 0.109. The van der Waals surface area contributed by atoms with Gasteiger partial charge in [-0.1, -0.05) is 36.4 Å². The fourth-order valence-corrected chi connectivity index (χ4v) is 7.51. The molecule has 7 N–H and O–H groups in total. The summed E-state index contributed by atoms with van der Waals surface area (Å²) in [5.74, 6) is -0.266. The van der Waals surface area contributed by atoms with Crippen molar-refractivity contribution in [2.24, 2.45) is 0 Å². The summed E-state index contributed by atoms with van der Waals surface area (Å²) < 4.78 is 8.56. The quantitative estimate of drug-likeness (QED) is 0.0643. The van der Waals surface area contributed by atoms with Gasteiger partial charge in [0.15, 0.2) is 11.5 Å². The molecule has 3 aliphatic rings. The summed E-state index contributed by atoms with van der Waals surface area (Å²) in [5.41, 5.74) is 19.3. The first-order valence-corrected chi connectivity index (χ1v) is 22.1. The molecular weight excluding hydrogens is 823 g/mol. The summed E-state index contributed by atoms with van der Waals surface area (Å²) in [4.78, 5) is 61.6. The first-order valence-electron chi connectivity index (χ1n) is 22.1. The lowest BCUT2D eigenvalue weighted by molar-refractivity contribution is 0.0374. The number of anilines is 2. The van der Waals surface area contributed by atoms with Crippen LogP contribution in [-0.4, -0.2) is 104 Å². The number of aryl methyl sites for hydroxylation is 2. The zero-order valence-electron chi connectivity index (χ0n) is 36.8. The van der Waals surface area contributed by atoms with Crippen LogP contribution < -0.4 is 27.4 Å². The average Bonchev–Trinajstić information content (AvgIpc) is 4.26. The van der Waals surface area contributed by atoms with Crippen LogP contribution in [0, 0.1) is 13.8 Å². The average molecular weight is 878 g/mol. The van der Waals surface area contributed by atoms with E-state index in [1.54, 1.807) is 59.3 Å². The smallest absolute Gasteiger partial charge is 0.251 e. The van der Waals surface area contributed by atoms with Gasteiger partial charge in [-0.2, -0.15) is 5.10 Å². The van der Waals surface area contributed by atoms with E-state index in [-0.39, 0.29) is 58.5 Å². The molecule has 4 heterocycles. The highest BCUT2D eigenvalue weighted by atomic mass is 16.5. The number of benzene rings is 3. The normalized spacial score (nSPS) is 14.9. The molecule has 0 unspecified atom stereocenters. The van der Waals surface area contributed by atoms with Crippen molar-refractivity contribution >= 4 is 35.0 Å². The number of amides is 2. The molecule has 336 valence electrons. The summed E-state index contributed by atoms with van der Waals surface area (Å²) in [6.07, 6.45) is 9.71. The second-order valence-electron chi connectivity index (χ2n) is 16.8. The van der Waals surface area contributed by atoms with Gasteiger partial charge in [-0.05, 0) is 118 Å².